The van der Waals surface area contributed by atoms with Gasteiger partial charge in [-0.05, 0) is 34.7 Å². The number of aromatic nitrogens is 1. The summed E-state index contributed by atoms with van der Waals surface area (Å²) in [5, 5.41) is 12.5. The third-order valence-corrected chi connectivity index (χ3v) is 3.26. The lowest BCUT2D eigenvalue weighted by atomic mass is 9.98. The van der Waals surface area contributed by atoms with Crippen molar-refractivity contribution >= 4 is 22.4 Å². The molecule has 3 rings (SSSR count). The molecule has 0 aliphatic rings. The van der Waals surface area contributed by atoms with Crippen LogP contribution in [0.25, 0.3) is 10.8 Å². The minimum atomic E-state index is -0.803. The number of hydrogen-bond acceptors (Lipinski definition) is 3. The average molecular weight is 260 g/mol. The molecule has 2 heterocycles. The zero-order valence-electron chi connectivity index (χ0n) is 9.38. The van der Waals surface area contributed by atoms with Crippen molar-refractivity contribution in [3.05, 3.63) is 65.3 Å². The summed E-state index contributed by atoms with van der Waals surface area (Å²) in [5.74, 6) is 0. The van der Waals surface area contributed by atoms with Crippen LogP contribution in [0, 0.1) is 0 Å². The van der Waals surface area contributed by atoms with E-state index in [0.717, 1.165) is 16.3 Å². The van der Waals surface area contributed by atoms with Crippen LogP contribution in [-0.2, 0) is 0 Å². The van der Waals surface area contributed by atoms with Gasteiger partial charge in [0.15, 0.2) is 5.22 Å². The van der Waals surface area contributed by atoms with E-state index in [1.54, 1.807) is 18.5 Å². The van der Waals surface area contributed by atoms with Crippen molar-refractivity contribution in [2.24, 2.45) is 0 Å². The number of hydrogen-bond donors (Lipinski definition) is 1. The van der Waals surface area contributed by atoms with Gasteiger partial charge in [-0.3, -0.25) is 4.98 Å². The summed E-state index contributed by atoms with van der Waals surface area (Å²) in [7, 11) is 0. The van der Waals surface area contributed by atoms with E-state index in [-0.39, 0.29) is 5.22 Å². The van der Waals surface area contributed by atoms with Crippen molar-refractivity contribution in [1.82, 2.24) is 4.98 Å². The van der Waals surface area contributed by atoms with Crippen molar-refractivity contribution in [3.8, 4) is 0 Å². The van der Waals surface area contributed by atoms with E-state index in [1.807, 2.05) is 24.3 Å². The third kappa shape index (κ3) is 1.78. The normalized spacial score (nSPS) is 12.8. The van der Waals surface area contributed by atoms with E-state index in [1.165, 1.54) is 6.26 Å². The fourth-order valence-corrected chi connectivity index (χ4v) is 2.27. The van der Waals surface area contributed by atoms with Gasteiger partial charge in [0.1, 0.15) is 6.10 Å². The molecule has 1 unspecified atom stereocenters. The monoisotopic (exact) mass is 259 g/mol. The first-order valence-corrected chi connectivity index (χ1v) is 5.89. The molecule has 0 fully saturated rings. The second kappa shape index (κ2) is 4.44. The topological polar surface area (TPSA) is 46.3 Å². The summed E-state index contributed by atoms with van der Waals surface area (Å²) in [4.78, 5) is 4.07. The summed E-state index contributed by atoms with van der Waals surface area (Å²) in [6.45, 7) is 0. The number of nitrogens with zero attached hydrogens (tertiary/aromatic N) is 1. The van der Waals surface area contributed by atoms with Crippen molar-refractivity contribution < 1.29 is 9.52 Å². The molecule has 1 N–H and O–H groups in total. The highest BCUT2D eigenvalue weighted by Gasteiger charge is 2.18. The maximum absolute atomic E-state index is 10.4. The van der Waals surface area contributed by atoms with Gasteiger partial charge in [0.2, 0.25) is 0 Å². The number of furan rings is 1. The van der Waals surface area contributed by atoms with E-state index in [0.29, 0.717) is 5.56 Å². The molecule has 3 nitrogen and oxygen atoms in total. The molecule has 2 aromatic heterocycles. The van der Waals surface area contributed by atoms with Crippen LogP contribution in [0.15, 0.2) is 53.4 Å². The highest BCUT2D eigenvalue weighted by Crippen LogP contribution is 2.32. The molecule has 4 heteroatoms. The van der Waals surface area contributed by atoms with Crippen LogP contribution in [0.1, 0.15) is 17.2 Å². The maximum Gasteiger partial charge on any atom is 0.199 e. The molecule has 0 saturated carbocycles. The van der Waals surface area contributed by atoms with Gasteiger partial charge in [-0.15, -0.1) is 0 Å². The zero-order chi connectivity index (χ0) is 12.5. The fraction of sp³-hybridized carbons (Fsp3) is 0.0714. The molecular formula is C14H10ClNO2. The average Bonchev–Trinajstić information content (AvgIpc) is 2.83. The van der Waals surface area contributed by atoms with E-state index in [9.17, 15) is 5.11 Å². The number of fused-ring (bicyclic) bond motifs is 1. The molecule has 3 aromatic rings. The van der Waals surface area contributed by atoms with Gasteiger partial charge < -0.3 is 9.52 Å². The van der Waals surface area contributed by atoms with E-state index in [2.05, 4.69) is 4.98 Å². The zero-order valence-corrected chi connectivity index (χ0v) is 10.1. The number of rotatable bonds is 2. The van der Waals surface area contributed by atoms with Gasteiger partial charge in [0, 0.05) is 23.3 Å². The van der Waals surface area contributed by atoms with Gasteiger partial charge in [-0.2, -0.15) is 0 Å². The van der Waals surface area contributed by atoms with Crippen molar-refractivity contribution in [2.75, 3.05) is 0 Å². The summed E-state index contributed by atoms with van der Waals surface area (Å²) >= 11 is 5.90. The molecular weight excluding hydrogens is 250 g/mol. The number of halogens is 1. The van der Waals surface area contributed by atoms with Crippen molar-refractivity contribution in [3.63, 3.8) is 0 Å². The van der Waals surface area contributed by atoms with E-state index < -0.39 is 6.10 Å². The second-order valence-electron chi connectivity index (χ2n) is 4.00. The van der Waals surface area contributed by atoms with Gasteiger partial charge >= 0.3 is 0 Å². The number of aliphatic hydroxyl groups is 1. The molecule has 0 radical (unpaired) electrons. The smallest absolute Gasteiger partial charge is 0.199 e. The predicted molar refractivity (Wildman–Crippen MR) is 69.5 cm³/mol. The molecule has 1 atom stereocenters. The Morgan fingerprint density at radius 1 is 1.17 bits per heavy atom. The lowest BCUT2D eigenvalue weighted by Crippen LogP contribution is -1.99. The summed E-state index contributed by atoms with van der Waals surface area (Å²) in [5.41, 5.74) is 1.36. The molecule has 18 heavy (non-hydrogen) atoms. The Morgan fingerprint density at radius 3 is 2.83 bits per heavy atom. The fourth-order valence-electron chi connectivity index (χ4n) is 2.05. The van der Waals surface area contributed by atoms with Crippen LogP contribution >= 0.6 is 11.6 Å². The Labute approximate surface area is 109 Å². The summed E-state index contributed by atoms with van der Waals surface area (Å²) in [6, 6.07) is 9.26. The Morgan fingerprint density at radius 2 is 2.06 bits per heavy atom. The molecule has 90 valence electrons. The molecule has 0 bridgehead atoms. The number of benzene rings is 1. The maximum atomic E-state index is 10.4. The van der Waals surface area contributed by atoms with E-state index >= 15 is 0 Å². The second-order valence-corrected chi connectivity index (χ2v) is 4.34. The van der Waals surface area contributed by atoms with Crippen LogP contribution < -0.4 is 0 Å². The first kappa shape index (κ1) is 11.3. The lowest BCUT2D eigenvalue weighted by molar-refractivity contribution is 0.221. The highest BCUT2D eigenvalue weighted by atomic mass is 35.5. The van der Waals surface area contributed by atoms with Crippen LogP contribution in [0.3, 0.4) is 0 Å². The van der Waals surface area contributed by atoms with Crippen molar-refractivity contribution in [1.29, 1.82) is 0 Å². The predicted octanol–water partition coefficient (Wildman–Crippen LogP) is 3.56. The molecule has 0 amide bonds. The van der Waals surface area contributed by atoms with Crippen LogP contribution in [0.5, 0.6) is 0 Å². The van der Waals surface area contributed by atoms with Crippen LogP contribution in [0.2, 0.25) is 5.22 Å². The standard InChI is InChI=1S/C14H10ClNO2/c15-14-12(5-7-18-14)13(17)11-3-1-2-9-8-16-6-4-10(9)11/h1-8,13,17H. The number of aliphatic hydroxyl groups excluding tert-OH is 1. The third-order valence-electron chi connectivity index (χ3n) is 2.95. The minimum Gasteiger partial charge on any atom is -0.453 e. The Balaban J connectivity index is 2.18. The quantitative estimate of drug-likeness (QED) is 0.765. The lowest BCUT2D eigenvalue weighted by Gasteiger charge is -2.12. The van der Waals surface area contributed by atoms with Crippen LogP contribution in [-0.4, -0.2) is 10.1 Å². The first-order valence-electron chi connectivity index (χ1n) is 5.51. The largest absolute Gasteiger partial charge is 0.453 e. The Hall–Kier alpha value is -1.84. The first-order chi connectivity index (χ1) is 8.77. The summed E-state index contributed by atoms with van der Waals surface area (Å²) < 4.78 is 5.01. The molecule has 0 saturated heterocycles. The summed E-state index contributed by atoms with van der Waals surface area (Å²) in [6.07, 6.45) is 4.13. The molecule has 0 aliphatic heterocycles. The van der Waals surface area contributed by atoms with Crippen LogP contribution in [0.4, 0.5) is 0 Å². The Bertz CT molecular complexity index is 688. The van der Waals surface area contributed by atoms with Gasteiger partial charge in [0.25, 0.3) is 0 Å². The minimum absolute atomic E-state index is 0.216. The van der Waals surface area contributed by atoms with Crippen molar-refractivity contribution in [2.45, 2.75) is 6.10 Å². The highest BCUT2D eigenvalue weighted by molar-refractivity contribution is 6.29. The molecule has 0 aliphatic carbocycles. The Kier molecular flexibility index (Phi) is 2.78. The van der Waals surface area contributed by atoms with Gasteiger partial charge in [-0.1, -0.05) is 18.2 Å². The van der Waals surface area contributed by atoms with Gasteiger partial charge in [-0.25, -0.2) is 0 Å². The van der Waals surface area contributed by atoms with E-state index in [4.69, 9.17) is 16.0 Å². The molecule has 1 aromatic carbocycles. The van der Waals surface area contributed by atoms with Gasteiger partial charge in [0.05, 0.1) is 6.26 Å². The molecule has 0 spiro atoms. The SMILES string of the molecule is OC(c1ccoc1Cl)c1cccc2cnccc12. The number of pyridine rings is 1.